The van der Waals surface area contributed by atoms with Gasteiger partial charge in [-0.3, -0.25) is 14.3 Å². The van der Waals surface area contributed by atoms with Gasteiger partial charge >= 0.3 is 0 Å². The van der Waals surface area contributed by atoms with Gasteiger partial charge in [-0.05, 0) is 43.5 Å². The Labute approximate surface area is 226 Å². The van der Waals surface area contributed by atoms with Gasteiger partial charge < -0.3 is 4.90 Å². The van der Waals surface area contributed by atoms with Crippen LogP contribution in [0, 0.1) is 6.92 Å². The van der Waals surface area contributed by atoms with E-state index in [1.807, 2.05) is 98.4 Å². The Morgan fingerprint density at radius 2 is 1.68 bits per heavy atom. The summed E-state index contributed by atoms with van der Waals surface area (Å²) < 4.78 is 5.10. The number of thiophene rings is 1. The van der Waals surface area contributed by atoms with Crippen LogP contribution in [0.4, 0.5) is 11.4 Å². The number of para-hydroxylation sites is 2. The first-order valence-corrected chi connectivity index (χ1v) is 13.9. The first kappa shape index (κ1) is 24.1. The third-order valence-electron chi connectivity index (χ3n) is 6.60. The molecule has 0 fully saturated rings. The minimum absolute atomic E-state index is 0.155. The fraction of sp³-hybridized carbons (Fsp3) is 0.143. The highest BCUT2D eigenvalue weighted by Crippen LogP contribution is 2.30. The number of hydrogen-bond acceptors (Lipinski definition) is 6. The standard InChI is InChI=1S/C28H24N6O2S2/c1-4-32-21-14-9-8-13-20(21)25(26(32)35)30-33-22(23-15-10-16-37-23)17-38-28(33)29-24-18(2)31(3)34(27(24)36)19-11-6-5-7-12-19/h5-17H,4H2,1-3H3. The number of rotatable bonds is 5. The van der Waals surface area contributed by atoms with Crippen LogP contribution in [0.15, 0.2) is 92.4 Å². The molecule has 8 nitrogen and oxygen atoms in total. The average molecular weight is 541 g/mol. The molecule has 5 aromatic rings. The van der Waals surface area contributed by atoms with E-state index in [1.165, 1.54) is 11.3 Å². The summed E-state index contributed by atoms with van der Waals surface area (Å²) in [6.45, 7) is 4.36. The molecule has 2 aromatic carbocycles. The van der Waals surface area contributed by atoms with Gasteiger partial charge in [-0.15, -0.1) is 22.7 Å². The summed E-state index contributed by atoms with van der Waals surface area (Å²) in [7, 11) is 1.84. The molecule has 0 saturated carbocycles. The van der Waals surface area contributed by atoms with Crippen molar-refractivity contribution in [2.24, 2.45) is 17.1 Å². The molecule has 0 radical (unpaired) electrons. The molecular weight excluding hydrogens is 516 g/mol. The van der Waals surface area contributed by atoms with E-state index in [4.69, 9.17) is 10.1 Å². The SMILES string of the molecule is CCN1C(=O)C(=Nn2c(-c3cccs3)csc2=Nc2c(C)n(C)n(-c3ccccc3)c2=O)c2ccccc21. The smallest absolute Gasteiger partial charge is 0.297 e. The van der Waals surface area contributed by atoms with Crippen LogP contribution in [0.25, 0.3) is 16.3 Å². The van der Waals surface area contributed by atoms with Gasteiger partial charge in [0.25, 0.3) is 11.5 Å². The monoisotopic (exact) mass is 540 g/mol. The first-order valence-electron chi connectivity index (χ1n) is 12.1. The van der Waals surface area contributed by atoms with Crippen LogP contribution in [0.1, 0.15) is 18.2 Å². The second kappa shape index (κ2) is 9.55. The van der Waals surface area contributed by atoms with E-state index in [2.05, 4.69) is 0 Å². The number of benzene rings is 2. The fourth-order valence-corrected chi connectivity index (χ4v) is 6.25. The van der Waals surface area contributed by atoms with Crippen molar-refractivity contribution in [3.8, 4) is 16.3 Å². The summed E-state index contributed by atoms with van der Waals surface area (Å²) in [6, 6.07) is 21.1. The number of amides is 1. The summed E-state index contributed by atoms with van der Waals surface area (Å²) in [5, 5.41) is 8.85. The lowest BCUT2D eigenvalue weighted by atomic mass is 10.1. The van der Waals surface area contributed by atoms with Crippen molar-refractivity contribution in [1.82, 2.24) is 14.0 Å². The van der Waals surface area contributed by atoms with Gasteiger partial charge in [-0.1, -0.05) is 42.5 Å². The van der Waals surface area contributed by atoms with Gasteiger partial charge in [0.15, 0.2) is 11.4 Å². The molecule has 1 amide bonds. The summed E-state index contributed by atoms with van der Waals surface area (Å²) in [5.74, 6) is -0.155. The first-order chi connectivity index (χ1) is 18.5. The highest BCUT2D eigenvalue weighted by Gasteiger charge is 2.33. The Morgan fingerprint density at radius 1 is 0.921 bits per heavy atom. The maximum atomic E-state index is 13.6. The van der Waals surface area contributed by atoms with Crippen LogP contribution in [0.3, 0.4) is 0 Å². The van der Waals surface area contributed by atoms with Gasteiger partial charge in [-0.2, -0.15) is 5.10 Å². The number of thiazole rings is 1. The van der Waals surface area contributed by atoms with Gasteiger partial charge in [0.05, 0.1) is 27.6 Å². The molecule has 0 saturated heterocycles. The Balaban J connectivity index is 1.59. The van der Waals surface area contributed by atoms with E-state index in [0.717, 1.165) is 33.2 Å². The normalized spacial score (nSPS) is 14.6. The highest BCUT2D eigenvalue weighted by atomic mass is 32.1. The molecule has 1 aliphatic rings. The Bertz CT molecular complexity index is 1820. The number of nitrogens with zero attached hydrogens (tertiary/aromatic N) is 6. The number of hydrogen-bond donors (Lipinski definition) is 0. The molecule has 3 aromatic heterocycles. The van der Waals surface area contributed by atoms with Crippen LogP contribution in [-0.4, -0.2) is 32.2 Å². The van der Waals surface area contributed by atoms with Crippen molar-refractivity contribution in [3.63, 3.8) is 0 Å². The van der Waals surface area contributed by atoms with Crippen molar-refractivity contribution in [2.75, 3.05) is 11.4 Å². The lowest BCUT2D eigenvalue weighted by Crippen LogP contribution is -2.30. The molecule has 0 bridgehead atoms. The van der Waals surface area contributed by atoms with Crippen LogP contribution >= 0.6 is 22.7 Å². The molecule has 6 rings (SSSR count). The Morgan fingerprint density at radius 3 is 2.42 bits per heavy atom. The van der Waals surface area contributed by atoms with E-state index in [0.29, 0.717) is 22.7 Å². The molecule has 0 N–H and O–H groups in total. The summed E-state index contributed by atoms with van der Waals surface area (Å²) in [4.78, 5) is 35.0. The molecule has 0 atom stereocenters. The van der Waals surface area contributed by atoms with E-state index in [-0.39, 0.29) is 11.5 Å². The maximum Gasteiger partial charge on any atom is 0.297 e. The zero-order chi connectivity index (χ0) is 26.4. The highest BCUT2D eigenvalue weighted by molar-refractivity contribution is 7.14. The summed E-state index contributed by atoms with van der Waals surface area (Å²) in [6.07, 6.45) is 0. The Hall–Kier alpha value is -4.28. The third-order valence-corrected chi connectivity index (χ3v) is 8.31. The van der Waals surface area contributed by atoms with Gasteiger partial charge in [0.1, 0.15) is 0 Å². The minimum atomic E-state index is -0.221. The van der Waals surface area contributed by atoms with Crippen molar-refractivity contribution >= 4 is 45.7 Å². The number of anilines is 1. The molecule has 1 aliphatic heterocycles. The van der Waals surface area contributed by atoms with Crippen molar-refractivity contribution < 1.29 is 4.79 Å². The molecule has 190 valence electrons. The zero-order valence-corrected chi connectivity index (χ0v) is 22.7. The molecular formula is C28H24N6O2S2. The average Bonchev–Trinajstić information content (AvgIpc) is 3.69. The van der Waals surface area contributed by atoms with E-state index >= 15 is 0 Å². The fourth-order valence-electron chi connectivity index (χ4n) is 4.62. The number of carbonyl (C=O) groups is 1. The molecule has 0 aliphatic carbocycles. The largest absolute Gasteiger partial charge is 0.307 e. The van der Waals surface area contributed by atoms with E-state index in [9.17, 15) is 9.59 Å². The second-order valence-corrected chi connectivity index (χ2v) is 10.5. The summed E-state index contributed by atoms with van der Waals surface area (Å²) >= 11 is 2.96. The van der Waals surface area contributed by atoms with E-state index in [1.54, 1.807) is 30.3 Å². The predicted octanol–water partition coefficient (Wildman–Crippen LogP) is 4.93. The van der Waals surface area contributed by atoms with Crippen LogP contribution < -0.4 is 15.3 Å². The van der Waals surface area contributed by atoms with E-state index < -0.39 is 0 Å². The van der Waals surface area contributed by atoms with Crippen LogP contribution in [0.5, 0.6) is 0 Å². The maximum absolute atomic E-state index is 13.6. The van der Waals surface area contributed by atoms with Gasteiger partial charge in [0.2, 0.25) is 4.80 Å². The van der Waals surface area contributed by atoms with Crippen molar-refractivity contribution in [3.05, 3.63) is 104 Å². The lowest BCUT2D eigenvalue weighted by Gasteiger charge is -2.12. The molecule has 0 spiro atoms. The lowest BCUT2D eigenvalue weighted by molar-refractivity contribution is -0.112. The number of carbonyl (C=O) groups excluding carboxylic acids is 1. The molecule has 38 heavy (non-hydrogen) atoms. The molecule has 10 heteroatoms. The third kappa shape index (κ3) is 3.80. The zero-order valence-electron chi connectivity index (χ0n) is 21.0. The quantitative estimate of drug-likeness (QED) is 0.317. The number of aromatic nitrogens is 3. The predicted molar refractivity (Wildman–Crippen MR) is 153 cm³/mol. The molecule has 4 heterocycles. The Kier molecular flexibility index (Phi) is 6.05. The summed E-state index contributed by atoms with van der Waals surface area (Å²) in [5.41, 5.74) is 4.39. The van der Waals surface area contributed by atoms with Gasteiger partial charge in [-0.25, -0.2) is 14.4 Å². The number of likely N-dealkylation sites (N-methyl/N-ethyl adjacent to an activating group) is 1. The topological polar surface area (TPSA) is 76.9 Å². The van der Waals surface area contributed by atoms with Crippen molar-refractivity contribution in [1.29, 1.82) is 0 Å². The van der Waals surface area contributed by atoms with Gasteiger partial charge in [0, 0.05) is 24.5 Å². The molecule has 0 unspecified atom stereocenters. The van der Waals surface area contributed by atoms with Crippen LogP contribution in [-0.2, 0) is 11.8 Å². The van der Waals surface area contributed by atoms with Crippen LogP contribution in [0.2, 0.25) is 0 Å². The minimum Gasteiger partial charge on any atom is -0.307 e. The van der Waals surface area contributed by atoms with Crippen molar-refractivity contribution in [2.45, 2.75) is 13.8 Å². The number of fused-ring (bicyclic) bond motifs is 1. The second-order valence-electron chi connectivity index (χ2n) is 8.73.